The van der Waals surface area contributed by atoms with Crippen molar-refractivity contribution in [3.05, 3.63) is 27.1 Å². The molecule has 1 unspecified atom stereocenters. The Bertz CT molecular complexity index is 323. The average Bonchev–Trinajstić information content (AvgIpc) is 2.25. The third-order valence-corrected chi connectivity index (χ3v) is 3.53. The Hall–Kier alpha value is -0.100. The van der Waals surface area contributed by atoms with E-state index in [9.17, 15) is 0 Å². The first kappa shape index (κ1) is 14.0. The Balaban J connectivity index is 2.80. The van der Waals surface area contributed by atoms with E-state index in [0.717, 1.165) is 14.6 Å². The van der Waals surface area contributed by atoms with Crippen molar-refractivity contribution in [3.63, 3.8) is 0 Å². The molecule has 0 radical (unpaired) electrons. The molecule has 0 saturated heterocycles. The third kappa shape index (κ3) is 3.45. The minimum absolute atomic E-state index is 0.0463. The van der Waals surface area contributed by atoms with Crippen LogP contribution in [-0.2, 0) is 9.47 Å². The van der Waals surface area contributed by atoms with Crippen LogP contribution < -0.4 is 5.32 Å². The molecule has 0 aromatic heterocycles. The fraction of sp³-hybridized carbons (Fsp3) is 0.455. The summed E-state index contributed by atoms with van der Waals surface area (Å²) in [5.74, 6) is 0. The molecule has 0 aliphatic rings. The first-order valence-corrected chi connectivity index (χ1v) is 6.45. The zero-order chi connectivity index (χ0) is 12.1. The van der Waals surface area contributed by atoms with E-state index in [4.69, 9.17) is 9.47 Å². The van der Waals surface area contributed by atoms with E-state index in [1.165, 1.54) is 0 Å². The van der Waals surface area contributed by atoms with Gasteiger partial charge in [-0.15, -0.1) is 0 Å². The molecule has 1 atom stereocenters. The molecule has 1 aromatic carbocycles. The maximum Gasteiger partial charge on any atom is 0.176 e. The summed E-state index contributed by atoms with van der Waals surface area (Å²) in [5.41, 5.74) is 0.995. The Labute approximate surface area is 113 Å². The predicted octanol–water partition coefficient (Wildman–Crippen LogP) is 3.63. The van der Waals surface area contributed by atoms with E-state index in [1.807, 2.05) is 25.1 Å². The van der Waals surface area contributed by atoms with Gasteiger partial charge in [0.25, 0.3) is 0 Å². The lowest BCUT2D eigenvalue weighted by molar-refractivity contribution is -0.109. The van der Waals surface area contributed by atoms with Crippen molar-refractivity contribution < 1.29 is 9.47 Å². The lowest BCUT2D eigenvalue weighted by atomic mass is 10.2. The minimum atomic E-state index is -0.279. The SMILES string of the molecule is COC(OC)C(C)Nc1c(Br)cccc1Br. The van der Waals surface area contributed by atoms with Crippen LogP contribution in [0.5, 0.6) is 0 Å². The summed E-state index contributed by atoms with van der Waals surface area (Å²) in [5, 5.41) is 3.34. The monoisotopic (exact) mass is 351 g/mol. The second-order valence-corrected chi connectivity index (χ2v) is 5.08. The number of anilines is 1. The number of ether oxygens (including phenoxy) is 2. The Morgan fingerprint density at radius 2 is 1.62 bits per heavy atom. The molecule has 0 aliphatic carbocycles. The molecule has 0 heterocycles. The molecule has 0 bridgehead atoms. The van der Waals surface area contributed by atoms with Crippen molar-refractivity contribution >= 4 is 37.5 Å². The van der Waals surface area contributed by atoms with Crippen molar-refractivity contribution in [2.24, 2.45) is 0 Å². The fourth-order valence-electron chi connectivity index (χ4n) is 1.44. The molecule has 5 heteroatoms. The van der Waals surface area contributed by atoms with Gasteiger partial charge in [-0.05, 0) is 50.9 Å². The Kier molecular flexibility index (Phi) is 5.75. The van der Waals surface area contributed by atoms with E-state index in [1.54, 1.807) is 14.2 Å². The molecule has 90 valence electrons. The van der Waals surface area contributed by atoms with Gasteiger partial charge in [-0.1, -0.05) is 6.07 Å². The quantitative estimate of drug-likeness (QED) is 0.821. The van der Waals surface area contributed by atoms with Gasteiger partial charge in [0, 0.05) is 23.2 Å². The number of hydrogen-bond donors (Lipinski definition) is 1. The van der Waals surface area contributed by atoms with Gasteiger partial charge in [-0.25, -0.2) is 0 Å². The molecule has 1 rings (SSSR count). The molecule has 16 heavy (non-hydrogen) atoms. The minimum Gasteiger partial charge on any atom is -0.376 e. The second-order valence-electron chi connectivity index (χ2n) is 3.37. The lowest BCUT2D eigenvalue weighted by Gasteiger charge is -2.24. The van der Waals surface area contributed by atoms with Gasteiger partial charge < -0.3 is 14.8 Å². The van der Waals surface area contributed by atoms with E-state index in [0.29, 0.717) is 0 Å². The third-order valence-electron chi connectivity index (χ3n) is 2.21. The van der Waals surface area contributed by atoms with Crippen molar-refractivity contribution in [2.75, 3.05) is 19.5 Å². The van der Waals surface area contributed by atoms with Gasteiger partial charge >= 0.3 is 0 Å². The molecule has 3 nitrogen and oxygen atoms in total. The second kappa shape index (κ2) is 6.59. The van der Waals surface area contributed by atoms with Crippen LogP contribution in [0.15, 0.2) is 27.1 Å². The number of nitrogens with one attached hydrogen (secondary N) is 1. The van der Waals surface area contributed by atoms with Crippen LogP contribution in [-0.4, -0.2) is 26.6 Å². The van der Waals surface area contributed by atoms with Crippen LogP contribution in [0, 0.1) is 0 Å². The molecule has 0 amide bonds. The Morgan fingerprint density at radius 3 is 2.06 bits per heavy atom. The topological polar surface area (TPSA) is 30.5 Å². The first-order chi connectivity index (χ1) is 7.60. The van der Waals surface area contributed by atoms with Crippen LogP contribution in [0.4, 0.5) is 5.69 Å². The molecule has 1 N–H and O–H groups in total. The summed E-state index contributed by atoms with van der Waals surface area (Å²) >= 11 is 6.99. The van der Waals surface area contributed by atoms with Crippen LogP contribution >= 0.6 is 31.9 Å². The van der Waals surface area contributed by atoms with Crippen molar-refractivity contribution in [2.45, 2.75) is 19.3 Å². The molecule has 0 aliphatic heterocycles. The van der Waals surface area contributed by atoms with Crippen LogP contribution in [0.1, 0.15) is 6.92 Å². The summed E-state index contributed by atoms with van der Waals surface area (Å²) in [6.07, 6.45) is -0.279. The van der Waals surface area contributed by atoms with Crippen LogP contribution in [0.3, 0.4) is 0 Å². The molecule has 1 aromatic rings. The number of rotatable bonds is 5. The fourth-order valence-corrected chi connectivity index (χ4v) is 2.66. The largest absolute Gasteiger partial charge is 0.376 e. The summed E-state index contributed by atoms with van der Waals surface area (Å²) in [7, 11) is 3.25. The van der Waals surface area contributed by atoms with Crippen molar-refractivity contribution in [1.82, 2.24) is 0 Å². The first-order valence-electron chi connectivity index (χ1n) is 4.86. The van der Waals surface area contributed by atoms with E-state index >= 15 is 0 Å². The molecular weight excluding hydrogens is 338 g/mol. The van der Waals surface area contributed by atoms with Crippen LogP contribution in [0.2, 0.25) is 0 Å². The van der Waals surface area contributed by atoms with Crippen molar-refractivity contribution in [1.29, 1.82) is 0 Å². The molecule has 0 saturated carbocycles. The highest BCUT2D eigenvalue weighted by molar-refractivity contribution is 9.11. The normalized spacial score (nSPS) is 12.9. The summed E-state index contributed by atoms with van der Waals surface area (Å²) in [6.45, 7) is 2.00. The smallest absolute Gasteiger partial charge is 0.176 e. The number of methoxy groups -OCH3 is 2. The van der Waals surface area contributed by atoms with E-state index in [2.05, 4.69) is 37.2 Å². The zero-order valence-corrected chi connectivity index (χ0v) is 12.6. The lowest BCUT2D eigenvalue weighted by Crippen LogP contribution is -2.34. The van der Waals surface area contributed by atoms with Crippen molar-refractivity contribution in [3.8, 4) is 0 Å². The standard InChI is InChI=1S/C11H15Br2NO2/c1-7(11(15-2)16-3)14-10-8(12)5-4-6-9(10)13/h4-7,11,14H,1-3H3. The maximum atomic E-state index is 5.20. The molecular formula is C11H15Br2NO2. The summed E-state index contributed by atoms with van der Waals surface area (Å²) in [6, 6.07) is 5.97. The van der Waals surface area contributed by atoms with Gasteiger partial charge in [0.05, 0.1) is 11.7 Å². The number of benzene rings is 1. The highest BCUT2D eigenvalue weighted by Crippen LogP contribution is 2.31. The molecule has 0 spiro atoms. The average molecular weight is 353 g/mol. The predicted molar refractivity (Wildman–Crippen MR) is 72.7 cm³/mol. The highest BCUT2D eigenvalue weighted by atomic mass is 79.9. The number of para-hydroxylation sites is 1. The molecule has 0 fully saturated rings. The van der Waals surface area contributed by atoms with Gasteiger partial charge in [0.2, 0.25) is 0 Å². The van der Waals surface area contributed by atoms with E-state index < -0.39 is 0 Å². The van der Waals surface area contributed by atoms with E-state index in [-0.39, 0.29) is 12.3 Å². The zero-order valence-electron chi connectivity index (χ0n) is 9.46. The maximum absolute atomic E-state index is 5.20. The van der Waals surface area contributed by atoms with Crippen LogP contribution in [0.25, 0.3) is 0 Å². The summed E-state index contributed by atoms with van der Waals surface area (Å²) < 4.78 is 12.4. The highest BCUT2D eigenvalue weighted by Gasteiger charge is 2.17. The Morgan fingerprint density at radius 1 is 1.12 bits per heavy atom. The number of halogens is 2. The number of hydrogen-bond acceptors (Lipinski definition) is 3. The van der Waals surface area contributed by atoms with Gasteiger partial charge in [0.15, 0.2) is 6.29 Å². The van der Waals surface area contributed by atoms with Gasteiger partial charge in [-0.2, -0.15) is 0 Å². The van der Waals surface area contributed by atoms with Gasteiger partial charge in [0.1, 0.15) is 0 Å². The summed E-state index contributed by atoms with van der Waals surface area (Å²) in [4.78, 5) is 0. The van der Waals surface area contributed by atoms with Gasteiger partial charge in [-0.3, -0.25) is 0 Å².